The Morgan fingerprint density at radius 1 is 1.50 bits per heavy atom. The van der Waals surface area contributed by atoms with Crippen LogP contribution in [0.4, 0.5) is 6.01 Å². The monoisotopic (exact) mass is 251 g/mol. The smallest absolute Gasteiger partial charge is 0.297 e. The molecule has 1 unspecified atom stereocenters. The van der Waals surface area contributed by atoms with Gasteiger partial charge in [-0.05, 0) is 25.7 Å². The molecule has 1 N–H and O–H groups in total. The van der Waals surface area contributed by atoms with Crippen LogP contribution < -0.4 is 10.2 Å². The molecule has 0 spiro atoms. The van der Waals surface area contributed by atoms with Crippen LogP contribution in [-0.4, -0.2) is 24.1 Å². The van der Waals surface area contributed by atoms with Crippen molar-refractivity contribution in [3.05, 3.63) is 12.0 Å². The summed E-state index contributed by atoms with van der Waals surface area (Å²) >= 11 is 0. The third kappa shape index (κ3) is 3.73. The number of aromatic nitrogens is 1. The van der Waals surface area contributed by atoms with Gasteiger partial charge in [0.2, 0.25) is 0 Å². The minimum absolute atomic E-state index is 0.671. The fourth-order valence-electron chi connectivity index (χ4n) is 1.91. The van der Waals surface area contributed by atoms with Gasteiger partial charge in [0.1, 0.15) is 6.26 Å². The van der Waals surface area contributed by atoms with Crippen molar-refractivity contribution in [1.82, 2.24) is 10.3 Å². The van der Waals surface area contributed by atoms with Gasteiger partial charge < -0.3 is 14.6 Å². The molecular weight excluding hydrogens is 226 g/mol. The van der Waals surface area contributed by atoms with Gasteiger partial charge >= 0.3 is 0 Å². The summed E-state index contributed by atoms with van der Waals surface area (Å²) in [7, 11) is 0. The number of hydrogen-bond donors (Lipinski definition) is 1. The summed E-state index contributed by atoms with van der Waals surface area (Å²) in [6.45, 7) is 9.42. The first-order valence-corrected chi connectivity index (χ1v) is 7.15. The molecule has 1 aliphatic rings. The molecule has 2 rings (SSSR count). The van der Waals surface area contributed by atoms with Gasteiger partial charge in [0.15, 0.2) is 0 Å². The second-order valence-corrected chi connectivity index (χ2v) is 5.33. The summed E-state index contributed by atoms with van der Waals surface area (Å²) in [6, 6.07) is 1.48. The van der Waals surface area contributed by atoms with Gasteiger partial charge in [-0.25, -0.2) is 0 Å². The van der Waals surface area contributed by atoms with Crippen molar-refractivity contribution in [2.75, 3.05) is 18.0 Å². The maximum absolute atomic E-state index is 5.59. The SMILES string of the molecule is CCC(C)CN(CC)c1nc(CNC2CC2)co1. The lowest BCUT2D eigenvalue weighted by Gasteiger charge is -2.21. The Hall–Kier alpha value is -1.03. The maximum Gasteiger partial charge on any atom is 0.297 e. The van der Waals surface area contributed by atoms with Crippen molar-refractivity contribution in [3.63, 3.8) is 0 Å². The second kappa shape index (κ2) is 6.23. The van der Waals surface area contributed by atoms with E-state index in [4.69, 9.17) is 4.42 Å². The Balaban J connectivity index is 1.88. The molecule has 18 heavy (non-hydrogen) atoms. The number of oxazole rings is 1. The Morgan fingerprint density at radius 2 is 2.28 bits per heavy atom. The van der Waals surface area contributed by atoms with Crippen LogP contribution in [0.2, 0.25) is 0 Å². The predicted molar refractivity (Wildman–Crippen MR) is 73.7 cm³/mol. The molecule has 0 saturated heterocycles. The quantitative estimate of drug-likeness (QED) is 0.771. The Kier molecular flexibility index (Phi) is 4.64. The normalized spacial score (nSPS) is 16.8. The molecular formula is C14H25N3O. The zero-order valence-electron chi connectivity index (χ0n) is 11.8. The van der Waals surface area contributed by atoms with Gasteiger partial charge in [-0.3, -0.25) is 0 Å². The topological polar surface area (TPSA) is 41.3 Å². The lowest BCUT2D eigenvalue weighted by Crippen LogP contribution is -2.28. The van der Waals surface area contributed by atoms with Gasteiger partial charge in [0.25, 0.3) is 6.01 Å². The molecule has 4 heteroatoms. The molecule has 1 aromatic heterocycles. The summed E-state index contributed by atoms with van der Waals surface area (Å²) in [4.78, 5) is 6.78. The van der Waals surface area contributed by atoms with Crippen molar-refractivity contribution < 1.29 is 4.42 Å². The number of anilines is 1. The van der Waals surface area contributed by atoms with E-state index in [0.29, 0.717) is 12.0 Å². The van der Waals surface area contributed by atoms with Crippen LogP contribution in [0, 0.1) is 5.92 Å². The van der Waals surface area contributed by atoms with Crippen LogP contribution in [0.15, 0.2) is 10.7 Å². The van der Waals surface area contributed by atoms with Crippen LogP contribution in [0.25, 0.3) is 0 Å². The number of nitrogens with zero attached hydrogens (tertiary/aromatic N) is 2. The van der Waals surface area contributed by atoms with E-state index >= 15 is 0 Å². The first-order valence-electron chi connectivity index (χ1n) is 7.15. The van der Waals surface area contributed by atoms with E-state index in [1.807, 2.05) is 0 Å². The largest absolute Gasteiger partial charge is 0.432 e. The highest BCUT2D eigenvalue weighted by molar-refractivity contribution is 5.26. The molecule has 0 aromatic carbocycles. The minimum Gasteiger partial charge on any atom is -0.432 e. The third-order valence-electron chi connectivity index (χ3n) is 3.57. The first-order chi connectivity index (χ1) is 8.72. The fourth-order valence-corrected chi connectivity index (χ4v) is 1.91. The van der Waals surface area contributed by atoms with Gasteiger partial charge in [0.05, 0.1) is 5.69 Å². The molecule has 0 amide bonds. The van der Waals surface area contributed by atoms with Crippen molar-refractivity contribution >= 4 is 6.01 Å². The molecule has 4 nitrogen and oxygen atoms in total. The molecule has 0 aliphatic heterocycles. The van der Waals surface area contributed by atoms with E-state index < -0.39 is 0 Å². The fraction of sp³-hybridized carbons (Fsp3) is 0.786. The third-order valence-corrected chi connectivity index (χ3v) is 3.57. The first kappa shape index (κ1) is 13.4. The van der Waals surface area contributed by atoms with Crippen molar-refractivity contribution in [1.29, 1.82) is 0 Å². The molecule has 1 fully saturated rings. The van der Waals surface area contributed by atoms with E-state index in [1.54, 1.807) is 6.26 Å². The molecule has 1 heterocycles. The van der Waals surface area contributed by atoms with Crippen molar-refractivity contribution in [2.45, 2.75) is 52.6 Å². The second-order valence-electron chi connectivity index (χ2n) is 5.33. The van der Waals surface area contributed by atoms with Crippen molar-refractivity contribution in [2.24, 2.45) is 5.92 Å². The van der Waals surface area contributed by atoms with E-state index in [9.17, 15) is 0 Å². The van der Waals surface area contributed by atoms with Crippen LogP contribution in [0.1, 0.15) is 45.7 Å². The van der Waals surface area contributed by atoms with E-state index in [1.165, 1.54) is 19.3 Å². The summed E-state index contributed by atoms with van der Waals surface area (Å²) < 4.78 is 5.59. The minimum atomic E-state index is 0.671. The van der Waals surface area contributed by atoms with Crippen LogP contribution in [0.3, 0.4) is 0 Å². The molecule has 102 valence electrons. The molecule has 1 aliphatic carbocycles. The van der Waals surface area contributed by atoms with Gasteiger partial charge in [-0.1, -0.05) is 20.3 Å². The maximum atomic E-state index is 5.59. The Labute approximate surface area is 110 Å². The zero-order valence-corrected chi connectivity index (χ0v) is 11.8. The van der Waals surface area contributed by atoms with E-state index in [2.05, 4.69) is 36.0 Å². The summed E-state index contributed by atoms with van der Waals surface area (Å²) in [6.07, 6.45) is 5.58. The van der Waals surface area contributed by atoms with Gasteiger partial charge in [-0.15, -0.1) is 0 Å². The summed E-state index contributed by atoms with van der Waals surface area (Å²) in [5, 5.41) is 3.45. The lowest BCUT2D eigenvalue weighted by molar-refractivity contribution is 0.490. The molecule has 0 radical (unpaired) electrons. The summed E-state index contributed by atoms with van der Waals surface area (Å²) in [5.41, 5.74) is 1.01. The lowest BCUT2D eigenvalue weighted by atomic mass is 10.1. The average Bonchev–Trinajstić information content (AvgIpc) is 3.11. The number of hydrogen-bond acceptors (Lipinski definition) is 4. The van der Waals surface area contributed by atoms with Gasteiger partial charge in [0, 0.05) is 25.7 Å². The zero-order chi connectivity index (χ0) is 13.0. The number of rotatable bonds is 8. The van der Waals surface area contributed by atoms with Crippen molar-refractivity contribution in [3.8, 4) is 0 Å². The van der Waals surface area contributed by atoms with Crippen LogP contribution >= 0.6 is 0 Å². The Morgan fingerprint density at radius 3 is 2.89 bits per heavy atom. The van der Waals surface area contributed by atoms with Crippen LogP contribution in [-0.2, 0) is 6.54 Å². The number of nitrogens with one attached hydrogen (secondary N) is 1. The molecule has 1 aromatic rings. The molecule has 1 saturated carbocycles. The highest BCUT2D eigenvalue weighted by atomic mass is 16.4. The predicted octanol–water partition coefficient (Wildman–Crippen LogP) is 2.80. The van der Waals surface area contributed by atoms with Gasteiger partial charge in [-0.2, -0.15) is 4.98 Å². The molecule has 1 atom stereocenters. The highest BCUT2D eigenvalue weighted by Crippen LogP contribution is 2.20. The Bertz CT molecular complexity index is 360. The van der Waals surface area contributed by atoms with E-state index in [0.717, 1.165) is 31.3 Å². The van der Waals surface area contributed by atoms with E-state index in [-0.39, 0.29) is 0 Å². The molecule has 0 bridgehead atoms. The average molecular weight is 251 g/mol. The summed E-state index contributed by atoms with van der Waals surface area (Å²) in [5.74, 6) is 0.671. The van der Waals surface area contributed by atoms with Crippen LogP contribution in [0.5, 0.6) is 0 Å². The standard InChI is InChI=1S/C14H25N3O/c1-4-11(3)9-17(5-2)14-16-13(10-18-14)8-15-12-6-7-12/h10-12,15H,4-9H2,1-3H3. The highest BCUT2D eigenvalue weighted by Gasteiger charge is 2.21.